The third-order valence-corrected chi connectivity index (χ3v) is 2.54. The Balaban J connectivity index is 2.76. The molecule has 0 aliphatic carbocycles. The van der Waals surface area contributed by atoms with Crippen molar-refractivity contribution in [2.24, 2.45) is 0 Å². The number of hydrogen-bond acceptors (Lipinski definition) is 2. The van der Waals surface area contributed by atoms with Gasteiger partial charge in [0.2, 0.25) is 0 Å². The van der Waals surface area contributed by atoms with Gasteiger partial charge >= 0.3 is 0 Å². The number of amides is 1. The molecular formula is C11H15IN2O. The smallest absolute Gasteiger partial charge is 0.251 e. The van der Waals surface area contributed by atoms with Gasteiger partial charge in [-0.25, -0.2) is 0 Å². The van der Waals surface area contributed by atoms with E-state index in [1.165, 1.54) is 0 Å². The Morgan fingerprint density at radius 3 is 2.80 bits per heavy atom. The van der Waals surface area contributed by atoms with Gasteiger partial charge in [-0.15, -0.1) is 0 Å². The Bertz CT molecular complexity index is 339. The fraction of sp³-hybridized carbons (Fsp3) is 0.364. The number of alkyl halides is 1. The molecule has 0 atom stereocenters. The Hall–Kier alpha value is -0.780. The van der Waals surface area contributed by atoms with Crippen molar-refractivity contribution < 1.29 is 4.79 Å². The molecule has 0 aromatic heterocycles. The van der Waals surface area contributed by atoms with E-state index in [2.05, 4.69) is 27.9 Å². The van der Waals surface area contributed by atoms with Crippen molar-refractivity contribution in [2.75, 3.05) is 30.0 Å². The zero-order chi connectivity index (χ0) is 11.3. The van der Waals surface area contributed by atoms with Crippen LogP contribution in [-0.2, 0) is 0 Å². The first-order chi connectivity index (χ1) is 7.15. The number of nitrogens with zero attached hydrogens (tertiary/aromatic N) is 1. The second-order valence-corrected chi connectivity index (χ2v) is 4.47. The molecule has 82 valence electrons. The van der Waals surface area contributed by atoms with Crippen molar-refractivity contribution >= 4 is 34.2 Å². The lowest BCUT2D eigenvalue weighted by Gasteiger charge is -2.13. The molecular weight excluding hydrogens is 303 g/mol. The first-order valence-corrected chi connectivity index (χ1v) is 6.29. The number of anilines is 1. The molecule has 0 aliphatic rings. The summed E-state index contributed by atoms with van der Waals surface area (Å²) in [6.07, 6.45) is 0. The van der Waals surface area contributed by atoms with Crippen molar-refractivity contribution in [3.63, 3.8) is 0 Å². The van der Waals surface area contributed by atoms with Crippen LogP contribution < -0.4 is 10.2 Å². The average molecular weight is 318 g/mol. The van der Waals surface area contributed by atoms with Crippen LogP contribution in [0.1, 0.15) is 10.4 Å². The number of carbonyl (C=O) groups excluding carboxylic acids is 1. The summed E-state index contributed by atoms with van der Waals surface area (Å²) in [6, 6.07) is 7.60. The number of rotatable bonds is 4. The minimum absolute atomic E-state index is 0.00429. The van der Waals surface area contributed by atoms with Crippen LogP contribution in [0.4, 0.5) is 5.69 Å². The molecule has 15 heavy (non-hydrogen) atoms. The van der Waals surface area contributed by atoms with Crippen LogP contribution >= 0.6 is 22.6 Å². The van der Waals surface area contributed by atoms with Crippen LogP contribution in [0.5, 0.6) is 0 Å². The molecule has 1 rings (SSSR count). The molecule has 1 aromatic rings. The van der Waals surface area contributed by atoms with E-state index in [4.69, 9.17) is 0 Å². The number of benzene rings is 1. The summed E-state index contributed by atoms with van der Waals surface area (Å²) < 4.78 is 0.927. The Labute approximate surface area is 104 Å². The minimum Gasteiger partial charge on any atom is -0.378 e. The molecule has 0 bridgehead atoms. The minimum atomic E-state index is -0.00429. The van der Waals surface area contributed by atoms with Crippen LogP contribution in [0.2, 0.25) is 0 Å². The predicted molar refractivity (Wildman–Crippen MR) is 72.0 cm³/mol. The van der Waals surface area contributed by atoms with Crippen LogP contribution in [0.15, 0.2) is 24.3 Å². The maximum atomic E-state index is 11.6. The lowest BCUT2D eigenvalue weighted by molar-refractivity contribution is 0.0956. The number of nitrogens with one attached hydrogen (secondary N) is 1. The fourth-order valence-electron chi connectivity index (χ4n) is 1.19. The molecule has 0 radical (unpaired) electrons. The lowest BCUT2D eigenvalue weighted by atomic mass is 10.2. The molecule has 0 heterocycles. The van der Waals surface area contributed by atoms with Gasteiger partial charge in [0.1, 0.15) is 0 Å². The highest BCUT2D eigenvalue weighted by Crippen LogP contribution is 2.13. The Kier molecular flexibility index (Phi) is 4.87. The Morgan fingerprint density at radius 2 is 2.20 bits per heavy atom. The zero-order valence-electron chi connectivity index (χ0n) is 8.96. The van der Waals surface area contributed by atoms with Crippen LogP contribution in [0, 0.1) is 0 Å². The maximum Gasteiger partial charge on any atom is 0.251 e. The van der Waals surface area contributed by atoms with E-state index in [9.17, 15) is 4.79 Å². The van der Waals surface area contributed by atoms with E-state index in [-0.39, 0.29) is 5.91 Å². The first kappa shape index (κ1) is 12.3. The molecule has 0 saturated heterocycles. The number of carbonyl (C=O) groups is 1. The van der Waals surface area contributed by atoms with Crippen LogP contribution in [0.25, 0.3) is 0 Å². The third kappa shape index (κ3) is 3.70. The molecule has 0 fully saturated rings. The van der Waals surface area contributed by atoms with Crippen molar-refractivity contribution in [2.45, 2.75) is 0 Å². The molecule has 0 unspecified atom stereocenters. The molecule has 0 spiro atoms. The normalized spacial score (nSPS) is 9.80. The second-order valence-electron chi connectivity index (χ2n) is 3.39. The van der Waals surface area contributed by atoms with Gasteiger partial charge in [0.25, 0.3) is 5.91 Å². The highest BCUT2D eigenvalue weighted by atomic mass is 127. The highest BCUT2D eigenvalue weighted by Gasteiger charge is 2.05. The molecule has 3 nitrogen and oxygen atoms in total. The third-order valence-electron chi connectivity index (χ3n) is 2.00. The first-order valence-electron chi connectivity index (χ1n) is 4.76. The summed E-state index contributed by atoms with van der Waals surface area (Å²) in [6.45, 7) is 0.714. The van der Waals surface area contributed by atoms with Gasteiger partial charge in [0, 0.05) is 36.3 Å². The predicted octanol–water partition coefficient (Wildman–Crippen LogP) is 1.92. The number of hydrogen-bond donors (Lipinski definition) is 1. The van der Waals surface area contributed by atoms with E-state index >= 15 is 0 Å². The summed E-state index contributed by atoms with van der Waals surface area (Å²) >= 11 is 2.23. The van der Waals surface area contributed by atoms with Gasteiger partial charge in [-0.05, 0) is 18.2 Å². The summed E-state index contributed by atoms with van der Waals surface area (Å²) in [5.74, 6) is -0.00429. The van der Waals surface area contributed by atoms with Gasteiger partial charge in [-0.2, -0.15) is 0 Å². The summed E-state index contributed by atoms with van der Waals surface area (Å²) in [4.78, 5) is 13.6. The van der Waals surface area contributed by atoms with Gasteiger partial charge in [0.15, 0.2) is 0 Å². The number of halogens is 1. The topological polar surface area (TPSA) is 32.3 Å². The molecule has 0 saturated carbocycles. The van der Waals surface area contributed by atoms with Crippen molar-refractivity contribution in [3.05, 3.63) is 29.8 Å². The standard InChI is InChI=1S/C11H15IN2O/c1-14(2)10-5-3-4-9(8-10)11(15)13-7-6-12/h3-5,8H,6-7H2,1-2H3,(H,13,15). The zero-order valence-corrected chi connectivity index (χ0v) is 11.1. The molecule has 1 aromatic carbocycles. The Morgan fingerprint density at radius 1 is 1.47 bits per heavy atom. The van der Waals surface area contributed by atoms with E-state index in [1.807, 2.05) is 43.3 Å². The van der Waals surface area contributed by atoms with E-state index in [1.54, 1.807) is 0 Å². The van der Waals surface area contributed by atoms with Gasteiger partial charge < -0.3 is 10.2 Å². The molecule has 0 aliphatic heterocycles. The summed E-state index contributed by atoms with van der Waals surface area (Å²) in [5.41, 5.74) is 1.75. The van der Waals surface area contributed by atoms with Gasteiger partial charge in [0.05, 0.1) is 0 Å². The van der Waals surface area contributed by atoms with Gasteiger partial charge in [-0.1, -0.05) is 28.7 Å². The monoisotopic (exact) mass is 318 g/mol. The summed E-state index contributed by atoms with van der Waals surface area (Å²) in [7, 11) is 3.92. The lowest BCUT2D eigenvalue weighted by Crippen LogP contribution is -2.25. The van der Waals surface area contributed by atoms with Crippen molar-refractivity contribution in [1.29, 1.82) is 0 Å². The SMILES string of the molecule is CN(C)c1cccc(C(=O)NCCI)c1. The fourth-order valence-corrected chi connectivity index (χ4v) is 1.46. The average Bonchev–Trinajstić information content (AvgIpc) is 2.26. The summed E-state index contributed by atoms with van der Waals surface area (Å²) in [5, 5.41) is 2.85. The molecule has 1 N–H and O–H groups in total. The van der Waals surface area contributed by atoms with Crippen molar-refractivity contribution in [3.8, 4) is 0 Å². The van der Waals surface area contributed by atoms with Crippen LogP contribution in [-0.4, -0.2) is 31.0 Å². The van der Waals surface area contributed by atoms with E-state index < -0.39 is 0 Å². The maximum absolute atomic E-state index is 11.6. The van der Waals surface area contributed by atoms with E-state index in [0.717, 1.165) is 10.1 Å². The van der Waals surface area contributed by atoms with Crippen molar-refractivity contribution in [1.82, 2.24) is 5.32 Å². The van der Waals surface area contributed by atoms with Gasteiger partial charge in [-0.3, -0.25) is 4.79 Å². The largest absolute Gasteiger partial charge is 0.378 e. The quantitative estimate of drug-likeness (QED) is 0.679. The highest BCUT2D eigenvalue weighted by molar-refractivity contribution is 14.1. The van der Waals surface area contributed by atoms with E-state index in [0.29, 0.717) is 12.1 Å². The second kappa shape index (κ2) is 5.95. The molecule has 4 heteroatoms. The van der Waals surface area contributed by atoms with Crippen LogP contribution in [0.3, 0.4) is 0 Å². The molecule has 1 amide bonds.